The summed E-state index contributed by atoms with van der Waals surface area (Å²) in [6.45, 7) is 2.96. The number of carbonyl (C=O) groups excluding carboxylic acids is 2. The van der Waals surface area contributed by atoms with Crippen LogP contribution in [0.5, 0.6) is 0 Å². The molecule has 0 bridgehead atoms. The summed E-state index contributed by atoms with van der Waals surface area (Å²) in [5.74, 6) is 1.75. The van der Waals surface area contributed by atoms with Gasteiger partial charge in [-0.05, 0) is 5.75 Å². The van der Waals surface area contributed by atoms with Gasteiger partial charge in [-0.3, -0.25) is 10.1 Å². The summed E-state index contributed by atoms with van der Waals surface area (Å²) >= 11 is 1.77. The second-order valence-electron chi connectivity index (χ2n) is 2.47. The van der Waals surface area contributed by atoms with E-state index >= 15 is 0 Å². The van der Waals surface area contributed by atoms with E-state index in [9.17, 15) is 9.59 Å². The lowest BCUT2D eigenvalue weighted by Crippen LogP contribution is -2.30. The summed E-state index contributed by atoms with van der Waals surface area (Å²) < 4.78 is 0. The highest BCUT2D eigenvalue weighted by Gasteiger charge is 2.25. The van der Waals surface area contributed by atoms with Crippen molar-refractivity contribution in [2.45, 2.75) is 6.92 Å². The number of nitrogens with one attached hydrogen (secondary N) is 1. The van der Waals surface area contributed by atoms with Gasteiger partial charge in [-0.2, -0.15) is 11.8 Å². The van der Waals surface area contributed by atoms with E-state index in [1.165, 1.54) is 4.90 Å². The molecule has 1 N–H and O–H groups in total. The molecule has 3 amide bonds. The number of rotatable bonds is 4. The van der Waals surface area contributed by atoms with Gasteiger partial charge in [0.25, 0.3) is 0 Å². The lowest BCUT2D eigenvalue weighted by atomic mass is 10.5. The highest BCUT2D eigenvalue weighted by Crippen LogP contribution is 2.03. The van der Waals surface area contributed by atoms with Crippen LogP contribution in [0, 0.1) is 0 Å². The Hall–Kier alpha value is -0.710. The Morgan fingerprint density at radius 3 is 2.83 bits per heavy atom. The van der Waals surface area contributed by atoms with Crippen LogP contribution in [0.2, 0.25) is 0 Å². The molecule has 1 aliphatic rings. The molecular formula is C7H12N2O2S. The fourth-order valence-electron chi connectivity index (χ4n) is 0.983. The zero-order valence-electron chi connectivity index (χ0n) is 7.00. The van der Waals surface area contributed by atoms with Crippen LogP contribution < -0.4 is 5.32 Å². The summed E-state index contributed by atoms with van der Waals surface area (Å²) in [5, 5.41) is 2.23. The molecule has 0 spiro atoms. The van der Waals surface area contributed by atoms with Crippen molar-refractivity contribution in [3.63, 3.8) is 0 Å². The van der Waals surface area contributed by atoms with Crippen LogP contribution in [-0.4, -0.2) is 41.4 Å². The Morgan fingerprint density at radius 1 is 1.58 bits per heavy atom. The van der Waals surface area contributed by atoms with E-state index in [2.05, 4.69) is 12.2 Å². The van der Waals surface area contributed by atoms with Gasteiger partial charge in [0.05, 0.1) is 0 Å². The first-order valence-corrected chi connectivity index (χ1v) is 5.06. The first kappa shape index (κ1) is 9.38. The summed E-state index contributed by atoms with van der Waals surface area (Å²) in [7, 11) is 0. The third kappa shape index (κ3) is 2.41. The summed E-state index contributed by atoms with van der Waals surface area (Å²) in [6.07, 6.45) is 0. The number of urea groups is 1. The predicted molar refractivity (Wildman–Crippen MR) is 48.1 cm³/mol. The smallest absolute Gasteiger partial charge is 0.314 e. The molecule has 1 rings (SSSR count). The molecule has 1 fully saturated rings. The van der Waals surface area contributed by atoms with Crippen LogP contribution in [0.25, 0.3) is 0 Å². The number of amides is 3. The van der Waals surface area contributed by atoms with E-state index < -0.39 is 0 Å². The van der Waals surface area contributed by atoms with Crippen molar-refractivity contribution < 1.29 is 9.59 Å². The van der Waals surface area contributed by atoms with Gasteiger partial charge in [-0.25, -0.2) is 4.79 Å². The van der Waals surface area contributed by atoms with E-state index in [0.29, 0.717) is 6.54 Å². The van der Waals surface area contributed by atoms with Gasteiger partial charge in [-0.15, -0.1) is 0 Å². The van der Waals surface area contributed by atoms with Crippen LogP contribution in [-0.2, 0) is 4.79 Å². The number of carbonyl (C=O) groups is 2. The van der Waals surface area contributed by atoms with Crippen molar-refractivity contribution in [2.24, 2.45) is 0 Å². The molecule has 0 aromatic carbocycles. The molecule has 0 aliphatic carbocycles. The van der Waals surface area contributed by atoms with Crippen LogP contribution in [0.3, 0.4) is 0 Å². The maximum Gasteiger partial charge on any atom is 0.324 e. The molecular weight excluding hydrogens is 176 g/mol. The number of imide groups is 1. The molecule has 1 heterocycles. The topological polar surface area (TPSA) is 49.4 Å². The summed E-state index contributed by atoms with van der Waals surface area (Å²) in [6, 6.07) is -0.253. The minimum atomic E-state index is -0.253. The first-order chi connectivity index (χ1) is 5.74. The molecule has 0 aromatic heterocycles. The molecule has 12 heavy (non-hydrogen) atoms. The van der Waals surface area contributed by atoms with Crippen molar-refractivity contribution in [2.75, 3.05) is 24.6 Å². The molecule has 68 valence electrons. The third-order valence-corrected chi connectivity index (χ3v) is 2.46. The van der Waals surface area contributed by atoms with Gasteiger partial charge in [-0.1, -0.05) is 6.92 Å². The second kappa shape index (κ2) is 4.35. The highest BCUT2D eigenvalue weighted by molar-refractivity contribution is 7.99. The van der Waals surface area contributed by atoms with Crippen molar-refractivity contribution in [3.8, 4) is 0 Å². The average Bonchev–Trinajstić information content (AvgIpc) is 2.31. The van der Waals surface area contributed by atoms with Crippen molar-refractivity contribution in [1.82, 2.24) is 10.2 Å². The van der Waals surface area contributed by atoms with Gasteiger partial charge in [0.2, 0.25) is 5.91 Å². The summed E-state index contributed by atoms with van der Waals surface area (Å²) in [5.41, 5.74) is 0. The number of thioether (sulfide) groups is 1. The Balaban J connectivity index is 2.24. The maximum atomic E-state index is 11.0. The van der Waals surface area contributed by atoms with Crippen LogP contribution in [0.4, 0.5) is 4.79 Å². The van der Waals surface area contributed by atoms with E-state index in [-0.39, 0.29) is 18.5 Å². The quantitative estimate of drug-likeness (QED) is 0.509. The van der Waals surface area contributed by atoms with Crippen LogP contribution in [0.1, 0.15) is 6.92 Å². The van der Waals surface area contributed by atoms with E-state index in [1.54, 1.807) is 11.8 Å². The SMILES string of the molecule is CCSCCN1CC(=O)NC1=O. The number of hydrogen-bond acceptors (Lipinski definition) is 3. The molecule has 0 radical (unpaired) electrons. The van der Waals surface area contributed by atoms with Crippen LogP contribution in [0.15, 0.2) is 0 Å². The van der Waals surface area contributed by atoms with E-state index in [4.69, 9.17) is 0 Å². The molecule has 1 aliphatic heterocycles. The standard InChI is InChI=1S/C7H12N2O2S/c1-2-12-4-3-9-5-6(10)8-7(9)11/h2-5H2,1H3,(H,8,10,11). The fraction of sp³-hybridized carbons (Fsp3) is 0.714. The molecule has 0 unspecified atom stereocenters. The molecule has 5 heteroatoms. The van der Waals surface area contributed by atoms with E-state index in [1.807, 2.05) is 0 Å². The third-order valence-electron chi connectivity index (χ3n) is 1.58. The molecule has 1 saturated heterocycles. The molecule has 0 saturated carbocycles. The minimum absolute atomic E-state index is 0.193. The van der Waals surface area contributed by atoms with Crippen molar-refractivity contribution in [1.29, 1.82) is 0 Å². The number of hydrogen-bond donors (Lipinski definition) is 1. The molecule has 0 atom stereocenters. The second-order valence-corrected chi connectivity index (χ2v) is 3.87. The van der Waals surface area contributed by atoms with E-state index in [0.717, 1.165) is 11.5 Å². The Kier molecular flexibility index (Phi) is 3.40. The van der Waals surface area contributed by atoms with Gasteiger partial charge in [0, 0.05) is 12.3 Å². The van der Waals surface area contributed by atoms with Crippen LogP contribution >= 0.6 is 11.8 Å². The summed E-state index contributed by atoms with van der Waals surface area (Å²) in [4.78, 5) is 23.2. The van der Waals surface area contributed by atoms with Gasteiger partial charge >= 0.3 is 6.03 Å². The minimum Gasteiger partial charge on any atom is -0.314 e. The monoisotopic (exact) mass is 188 g/mol. The maximum absolute atomic E-state index is 11.0. The lowest BCUT2D eigenvalue weighted by Gasteiger charge is -2.11. The van der Waals surface area contributed by atoms with Crippen molar-refractivity contribution >= 4 is 23.7 Å². The largest absolute Gasteiger partial charge is 0.324 e. The highest BCUT2D eigenvalue weighted by atomic mass is 32.2. The Morgan fingerprint density at radius 2 is 2.33 bits per heavy atom. The normalized spacial score (nSPS) is 16.9. The Bertz CT molecular complexity index is 196. The predicted octanol–water partition coefficient (Wildman–Crippen LogP) is 0.291. The first-order valence-electron chi connectivity index (χ1n) is 3.90. The molecule has 0 aromatic rings. The average molecular weight is 188 g/mol. The molecule has 4 nitrogen and oxygen atoms in total. The van der Waals surface area contributed by atoms with Gasteiger partial charge in [0.1, 0.15) is 6.54 Å². The zero-order chi connectivity index (χ0) is 8.97. The Labute approximate surface area is 75.7 Å². The lowest BCUT2D eigenvalue weighted by molar-refractivity contribution is -0.118. The van der Waals surface area contributed by atoms with Gasteiger partial charge in [0.15, 0.2) is 0 Å². The fourth-order valence-corrected chi connectivity index (χ4v) is 1.62. The van der Waals surface area contributed by atoms with Crippen molar-refractivity contribution in [3.05, 3.63) is 0 Å². The van der Waals surface area contributed by atoms with Gasteiger partial charge < -0.3 is 4.90 Å². The number of nitrogens with zero attached hydrogens (tertiary/aromatic N) is 1. The zero-order valence-corrected chi connectivity index (χ0v) is 7.82.